The molecule has 6 nitrogen and oxygen atoms in total. The predicted molar refractivity (Wildman–Crippen MR) is 113 cm³/mol. The van der Waals surface area contributed by atoms with Gasteiger partial charge in [-0.3, -0.25) is 9.78 Å². The number of likely N-dealkylation sites (N-methyl/N-ethyl adjacent to an activating group) is 1. The zero-order valence-corrected chi connectivity index (χ0v) is 16.9. The molecule has 4 rings (SSSR count). The molecule has 1 aromatic heterocycles. The third-order valence-corrected chi connectivity index (χ3v) is 5.91. The molecule has 1 amide bonds. The Morgan fingerprint density at radius 3 is 2.14 bits per heavy atom. The van der Waals surface area contributed by atoms with Crippen molar-refractivity contribution in [2.45, 2.75) is 6.92 Å². The van der Waals surface area contributed by atoms with Crippen LogP contribution in [-0.2, 0) is 0 Å². The molecule has 0 N–H and O–H groups in total. The Morgan fingerprint density at radius 2 is 1.52 bits per heavy atom. The molecule has 2 aliphatic heterocycles. The third-order valence-electron chi connectivity index (χ3n) is 5.91. The summed E-state index contributed by atoms with van der Waals surface area (Å²) in [6.07, 6.45) is 3.51. The van der Waals surface area contributed by atoms with Crippen molar-refractivity contribution >= 4 is 17.3 Å². The van der Waals surface area contributed by atoms with Crippen molar-refractivity contribution in [2.24, 2.45) is 0 Å². The molecule has 0 radical (unpaired) electrons. The van der Waals surface area contributed by atoms with Gasteiger partial charge >= 0.3 is 0 Å². The maximum atomic E-state index is 13.1. The lowest BCUT2D eigenvalue weighted by atomic mass is 10.2. The first-order valence-electron chi connectivity index (χ1n) is 10.4. The minimum absolute atomic E-state index is 0.0695. The molecule has 0 bridgehead atoms. The van der Waals surface area contributed by atoms with Gasteiger partial charge in [-0.15, -0.1) is 0 Å². The van der Waals surface area contributed by atoms with Crippen LogP contribution in [0.5, 0.6) is 0 Å². The minimum atomic E-state index is -0.212. The van der Waals surface area contributed by atoms with Gasteiger partial charge in [0.2, 0.25) is 0 Å². The van der Waals surface area contributed by atoms with E-state index in [2.05, 4.69) is 26.6 Å². The molecule has 29 heavy (non-hydrogen) atoms. The van der Waals surface area contributed by atoms with E-state index >= 15 is 0 Å². The zero-order chi connectivity index (χ0) is 20.2. The van der Waals surface area contributed by atoms with Gasteiger partial charge in [-0.05, 0) is 36.9 Å². The lowest BCUT2D eigenvalue weighted by molar-refractivity contribution is 0.0643. The maximum absolute atomic E-state index is 13.1. The van der Waals surface area contributed by atoms with E-state index in [4.69, 9.17) is 0 Å². The number of hydrogen-bond acceptors (Lipinski definition) is 5. The normalized spacial score (nSPS) is 18.2. The van der Waals surface area contributed by atoms with Crippen LogP contribution >= 0.6 is 0 Å². The van der Waals surface area contributed by atoms with Crippen LogP contribution in [-0.4, -0.2) is 79.6 Å². The van der Waals surface area contributed by atoms with E-state index in [1.807, 2.05) is 29.3 Å². The van der Waals surface area contributed by atoms with Crippen LogP contribution in [0.1, 0.15) is 17.3 Å². The maximum Gasteiger partial charge on any atom is 0.255 e. The summed E-state index contributed by atoms with van der Waals surface area (Å²) >= 11 is 0. The van der Waals surface area contributed by atoms with Crippen LogP contribution in [0.15, 0.2) is 42.7 Å². The molecule has 154 valence electrons. The average molecular weight is 397 g/mol. The van der Waals surface area contributed by atoms with Crippen molar-refractivity contribution in [3.63, 3.8) is 0 Å². The van der Waals surface area contributed by atoms with Crippen molar-refractivity contribution in [1.29, 1.82) is 0 Å². The monoisotopic (exact) mass is 397 g/mol. The molecule has 3 heterocycles. The van der Waals surface area contributed by atoms with E-state index in [0.29, 0.717) is 5.56 Å². The van der Waals surface area contributed by atoms with Crippen LogP contribution < -0.4 is 9.80 Å². The van der Waals surface area contributed by atoms with Crippen LogP contribution in [0.25, 0.3) is 0 Å². The van der Waals surface area contributed by atoms with E-state index in [9.17, 15) is 9.18 Å². The number of carbonyl (C=O) groups excluding carboxylic acids is 1. The summed E-state index contributed by atoms with van der Waals surface area (Å²) < 4.78 is 13.1. The summed E-state index contributed by atoms with van der Waals surface area (Å²) in [6, 6.07) is 8.62. The molecule has 2 aliphatic rings. The van der Waals surface area contributed by atoms with Crippen LogP contribution in [0.4, 0.5) is 15.8 Å². The van der Waals surface area contributed by atoms with E-state index in [-0.39, 0.29) is 11.7 Å². The fraction of sp³-hybridized carbons (Fsp3) is 0.455. The number of pyridine rings is 1. The molecule has 2 saturated heterocycles. The minimum Gasteiger partial charge on any atom is -0.368 e. The Bertz CT molecular complexity index is 827. The highest BCUT2D eigenvalue weighted by molar-refractivity contribution is 5.94. The number of nitrogens with zero attached hydrogens (tertiary/aromatic N) is 5. The second-order valence-electron chi connectivity index (χ2n) is 7.61. The number of halogens is 1. The fourth-order valence-electron chi connectivity index (χ4n) is 4.04. The summed E-state index contributed by atoms with van der Waals surface area (Å²) in [5.74, 6) is -0.142. The van der Waals surface area contributed by atoms with Crippen molar-refractivity contribution in [1.82, 2.24) is 14.8 Å². The fourth-order valence-corrected chi connectivity index (χ4v) is 4.04. The van der Waals surface area contributed by atoms with Gasteiger partial charge in [-0.1, -0.05) is 6.92 Å². The van der Waals surface area contributed by atoms with Crippen LogP contribution in [0.2, 0.25) is 0 Å². The van der Waals surface area contributed by atoms with Gasteiger partial charge in [0, 0.05) is 64.2 Å². The number of rotatable bonds is 4. The van der Waals surface area contributed by atoms with Gasteiger partial charge in [-0.2, -0.15) is 0 Å². The molecule has 2 aromatic rings. The lowest BCUT2D eigenvalue weighted by Crippen LogP contribution is -2.48. The Morgan fingerprint density at radius 1 is 0.897 bits per heavy atom. The Labute approximate surface area is 171 Å². The van der Waals surface area contributed by atoms with Gasteiger partial charge < -0.3 is 19.6 Å². The second kappa shape index (κ2) is 8.78. The number of hydrogen-bond donors (Lipinski definition) is 0. The molecular formula is C22H28FN5O. The Hall–Kier alpha value is -2.67. The largest absolute Gasteiger partial charge is 0.368 e. The number of anilines is 2. The van der Waals surface area contributed by atoms with Gasteiger partial charge in [0.05, 0.1) is 17.4 Å². The summed E-state index contributed by atoms with van der Waals surface area (Å²) in [7, 11) is 0. The number of benzene rings is 1. The summed E-state index contributed by atoms with van der Waals surface area (Å²) in [6.45, 7) is 9.97. The zero-order valence-electron chi connectivity index (χ0n) is 16.9. The molecule has 0 atom stereocenters. The molecule has 7 heteroatoms. The Kier molecular flexibility index (Phi) is 5.94. The molecule has 0 aliphatic carbocycles. The molecule has 0 unspecified atom stereocenters. The van der Waals surface area contributed by atoms with Crippen molar-refractivity contribution in [3.8, 4) is 0 Å². The van der Waals surface area contributed by atoms with Crippen molar-refractivity contribution in [2.75, 3.05) is 68.7 Å². The van der Waals surface area contributed by atoms with Crippen molar-refractivity contribution < 1.29 is 9.18 Å². The standard InChI is InChI=1S/C22H28FN5O/c1-2-25-7-9-28(10-8-25)22(29)18-15-21(17-24-16-18)27-13-11-26(12-14-27)20-5-3-19(23)4-6-20/h3-6,15-17H,2,7-14H2,1H3. The van der Waals surface area contributed by atoms with Gasteiger partial charge in [-0.25, -0.2) is 4.39 Å². The van der Waals surface area contributed by atoms with E-state index in [1.54, 1.807) is 6.20 Å². The molecule has 0 saturated carbocycles. The second-order valence-corrected chi connectivity index (χ2v) is 7.61. The quantitative estimate of drug-likeness (QED) is 0.792. The highest BCUT2D eigenvalue weighted by atomic mass is 19.1. The number of aromatic nitrogens is 1. The lowest BCUT2D eigenvalue weighted by Gasteiger charge is -2.37. The topological polar surface area (TPSA) is 42.9 Å². The van der Waals surface area contributed by atoms with E-state index < -0.39 is 0 Å². The number of amides is 1. The summed E-state index contributed by atoms with van der Waals surface area (Å²) in [5.41, 5.74) is 2.69. The number of carbonyl (C=O) groups is 1. The van der Waals surface area contributed by atoms with Crippen LogP contribution in [0, 0.1) is 5.82 Å². The summed E-state index contributed by atoms with van der Waals surface area (Å²) in [4.78, 5) is 26.1. The first kappa shape index (κ1) is 19.6. The Balaban J connectivity index is 1.38. The van der Waals surface area contributed by atoms with E-state index in [0.717, 1.165) is 70.3 Å². The molecule has 1 aromatic carbocycles. The average Bonchev–Trinajstić information content (AvgIpc) is 2.79. The summed E-state index contributed by atoms with van der Waals surface area (Å²) in [5, 5.41) is 0. The molecule has 2 fully saturated rings. The third kappa shape index (κ3) is 4.50. The molecule has 0 spiro atoms. The smallest absolute Gasteiger partial charge is 0.255 e. The molecular weight excluding hydrogens is 369 g/mol. The van der Waals surface area contributed by atoms with Crippen LogP contribution in [0.3, 0.4) is 0 Å². The highest BCUT2D eigenvalue weighted by Crippen LogP contribution is 2.22. The van der Waals surface area contributed by atoms with Gasteiger partial charge in [0.25, 0.3) is 5.91 Å². The van der Waals surface area contributed by atoms with Gasteiger partial charge in [0.15, 0.2) is 0 Å². The predicted octanol–water partition coefficient (Wildman–Crippen LogP) is 2.33. The van der Waals surface area contributed by atoms with E-state index in [1.165, 1.54) is 12.1 Å². The first-order valence-corrected chi connectivity index (χ1v) is 10.4. The van der Waals surface area contributed by atoms with Crippen molar-refractivity contribution in [3.05, 3.63) is 54.1 Å². The van der Waals surface area contributed by atoms with Gasteiger partial charge in [0.1, 0.15) is 5.82 Å². The number of piperazine rings is 2. The first-order chi connectivity index (χ1) is 14.1. The SMILES string of the molecule is CCN1CCN(C(=O)c2cncc(N3CCN(c4ccc(F)cc4)CC3)c2)CC1. The highest BCUT2D eigenvalue weighted by Gasteiger charge is 2.23.